The van der Waals surface area contributed by atoms with Gasteiger partial charge in [-0.1, -0.05) is 29.8 Å². The monoisotopic (exact) mass is 289 g/mol. The van der Waals surface area contributed by atoms with E-state index in [9.17, 15) is 4.21 Å². The highest BCUT2D eigenvalue weighted by molar-refractivity contribution is 9.10. The summed E-state index contributed by atoms with van der Waals surface area (Å²) in [5, 5.41) is 0.241. The van der Waals surface area contributed by atoms with E-state index in [0.29, 0.717) is 11.4 Å². The minimum absolute atomic E-state index is 0.241. The molecule has 0 aliphatic heterocycles. The van der Waals surface area contributed by atoms with Crippen LogP contribution in [-0.4, -0.2) is 9.46 Å². The van der Waals surface area contributed by atoms with Gasteiger partial charge >= 0.3 is 0 Å². The summed E-state index contributed by atoms with van der Waals surface area (Å²) < 4.78 is 12.8. The van der Waals surface area contributed by atoms with Crippen molar-refractivity contribution >= 4 is 32.4 Å². The average molecular weight is 290 g/mol. The zero-order valence-corrected chi connectivity index (χ0v) is 11.4. The molecule has 0 bridgehead atoms. The summed E-state index contributed by atoms with van der Waals surface area (Å²) in [6.45, 7) is 4.06. The molecule has 0 aromatic heterocycles. The van der Waals surface area contributed by atoms with E-state index in [1.54, 1.807) is 0 Å². The molecule has 0 heterocycles. The van der Waals surface area contributed by atoms with Crippen molar-refractivity contribution in [3.05, 3.63) is 28.2 Å². The summed E-state index contributed by atoms with van der Waals surface area (Å²) in [5.41, 5.74) is 7.45. The van der Waals surface area contributed by atoms with E-state index < -0.39 is 10.8 Å². The Kier molecular flexibility index (Phi) is 4.80. The first kappa shape index (κ1) is 12.7. The standard InChI is InChI=1S/C11H16BrNOS/c1-3-8(2)15(14)7-9-4-10(12)6-11(13)5-9/h4-6,8H,3,7,13H2,1-2H3. The van der Waals surface area contributed by atoms with Crippen molar-refractivity contribution in [1.29, 1.82) is 0 Å². The fourth-order valence-electron chi connectivity index (χ4n) is 1.25. The van der Waals surface area contributed by atoms with Gasteiger partial charge in [-0.3, -0.25) is 4.21 Å². The number of rotatable bonds is 4. The van der Waals surface area contributed by atoms with Crippen LogP contribution in [-0.2, 0) is 16.6 Å². The lowest BCUT2D eigenvalue weighted by Gasteiger charge is -2.09. The number of hydrogen-bond donors (Lipinski definition) is 1. The molecule has 0 saturated heterocycles. The van der Waals surface area contributed by atoms with E-state index in [1.165, 1.54) is 0 Å². The zero-order valence-electron chi connectivity index (χ0n) is 9.00. The molecule has 84 valence electrons. The van der Waals surface area contributed by atoms with E-state index in [0.717, 1.165) is 16.5 Å². The van der Waals surface area contributed by atoms with Crippen LogP contribution in [0.4, 0.5) is 5.69 Å². The molecule has 15 heavy (non-hydrogen) atoms. The lowest BCUT2D eigenvalue weighted by molar-refractivity contribution is 0.669. The molecule has 1 rings (SSSR count). The summed E-state index contributed by atoms with van der Waals surface area (Å²) in [6, 6.07) is 5.69. The fraction of sp³-hybridized carbons (Fsp3) is 0.455. The summed E-state index contributed by atoms with van der Waals surface area (Å²) >= 11 is 3.38. The molecule has 4 heteroatoms. The predicted molar refractivity (Wildman–Crippen MR) is 70.2 cm³/mol. The maximum absolute atomic E-state index is 11.8. The number of nitrogen functional groups attached to an aromatic ring is 1. The van der Waals surface area contributed by atoms with E-state index in [4.69, 9.17) is 5.73 Å². The van der Waals surface area contributed by atoms with Gasteiger partial charge in [0.15, 0.2) is 0 Å². The van der Waals surface area contributed by atoms with Crippen LogP contribution in [0.25, 0.3) is 0 Å². The van der Waals surface area contributed by atoms with E-state index in [1.807, 2.05) is 25.1 Å². The Balaban J connectivity index is 2.76. The minimum atomic E-state index is -0.809. The van der Waals surface area contributed by atoms with Crippen LogP contribution in [0.5, 0.6) is 0 Å². The second kappa shape index (κ2) is 5.66. The number of halogens is 1. The van der Waals surface area contributed by atoms with Gasteiger partial charge in [0.1, 0.15) is 0 Å². The topological polar surface area (TPSA) is 43.1 Å². The first-order valence-electron chi connectivity index (χ1n) is 4.95. The van der Waals surface area contributed by atoms with Crippen LogP contribution < -0.4 is 5.73 Å². The Morgan fingerprint density at radius 2 is 2.13 bits per heavy atom. The molecule has 0 aliphatic carbocycles. The Bertz CT molecular complexity index is 347. The van der Waals surface area contributed by atoms with Crippen LogP contribution in [0.15, 0.2) is 22.7 Å². The van der Waals surface area contributed by atoms with Gasteiger partial charge in [0, 0.05) is 32.0 Å². The second-order valence-corrected chi connectivity index (χ2v) is 6.41. The maximum atomic E-state index is 11.8. The first-order chi connectivity index (χ1) is 7.02. The molecule has 0 saturated carbocycles. The van der Waals surface area contributed by atoms with Crippen LogP contribution >= 0.6 is 15.9 Å². The normalized spacial score (nSPS) is 14.9. The molecule has 1 aromatic rings. The van der Waals surface area contributed by atoms with Crippen molar-refractivity contribution in [3.63, 3.8) is 0 Å². The van der Waals surface area contributed by atoms with Crippen LogP contribution in [0.2, 0.25) is 0 Å². The minimum Gasteiger partial charge on any atom is -0.399 e. The molecular formula is C11H16BrNOS. The smallest absolute Gasteiger partial charge is 0.0489 e. The highest BCUT2D eigenvalue weighted by Crippen LogP contribution is 2.19. The largest absolute Gasteiger partial charge is 0.399 e. The molecule has 2 unspecified atom stereocenters. The van der Waals surface area contributed by atoms with Gasteiger partial charge in [0.2, 0.25) is 0 Å². The first-order valence-corrected chi connectivity index (χ1v) is 7.12. The summed E-state index contributed by atoms with van der Waals surface area (Å²) in [6.07, 6.45) is 0.941. The van der Waals surface area contributed by atoms with Crippen molar-refractivity contribution < 1.29 is 4.21 Å². The molecule has 1 aromatic carbocycles. The molecular weight excluding hydrogens is 274 g/mol. The number of hydrogen-bond acceptors (Lipinski definition) is 2. The van der Waals surface area contributed by atoms with Crippen LogP contribution in [0.1, 0.15) is 25.8 Å². The second-order valence-electron chi connectivity index (χ2n) is 3.64. The third kappa shape index (κ3) is 3.95. The highest BCUT2D eigenvalue weighted by atomic mass is 79.9. The van der Waals surface area contributed by atoms with Crippen molar-refractivity contribution in [2.45, 2.75) is 31.3 Å². The Morgan fingerprint density at radius 1 is 1.47 bits per heavy atom. The van der Waals surface area contributed by atoms with Crippen molar-refractivity contribution in [2.75, 3.05) is 5.73 Å². The number of benzene rings is 1. The average Bonchev–Trinajstić information content (AvgIpc) is 2.14. The molecule has 0 radical (unpaired) electrons. The van der Waals surface area contributed by atoms with Crippen molar-refractivity contribution in [1.82, 2.24) is 0 Å². The molecule has 0 amide bonds. The summed E-state index contributed by atoms with van der Waals surface area (Å²) in [7, 11) is -0.809. The molecule has 0 spiro atoms. The third-order valence-corrected chi connectivity index (χ3v) is 4.62. The van der Waals surface area contributed by atoms with Crippen LogP contribution in [0.3, 0.4) is 0 Å². The van der Waals surface area contributed by atoms with E-state index >= 15 is 0 Å². The molecule has 2 atom stereocenters. The van der Waals surface area contributed by atoms with Crippen LogP contribution in [0, 0.1) is 0 Å². The molecule has 0 fully saturated rings. The Labute approximate surface area is 102 Å². The van der Waals surface area contributed by atoms with Gasteiger partial charge in [0.05, 0.1) is 0 Å². The van der Waals surface area contributed by atoms with Gasteiger partial charge in [-0.15, -0.1) is 0 Å². The Hall–Kier alpha value is -0.350. The summed E-state index contributed by atoms with van der Waals surface area (Å²) in [5.74, 6) is 0.582. The lowest BCUT2D eigenvalue weighted by atomic mass is 10.2. The van der Waals surface area contributed by atoms with Gasteiger partial charge in [-0.2, -0.15) is 0 Å². The molecule has 2 N–H and O–H groups in total. The van der Waals surface area contributed by atoms with Crippen molar-refractivity contribution in [2.24, 2.45) is 0 Å². The SMILES string of the molecule is CCC(C)S(=O)Cc1cc(N)cc(Br)c1. The van der Waals surface area contributed by atoms with E-state index in [2.05, 4.69) is 22.9 Å². The molecule has 2 nitrogen and oxygen atoms in total. The number of nitrogens with two attached hydrogens (primary N) is 1. The third-order valence-electron chi connectivity index (χ3n) is 2.31. The zero-order chi connectivity index (χ0) is 11.4. The quantitative estimate of drug-likeness (QED) is 0.866. The van der Waals surface area contributed by atoms with Crippen molar-refractivity contribution in [3.8, 4) is 0 Å². The Morgan fingerprint density at radius 3 is 2.67 bits per heavy atom. The van der Waals surface area contributed by atoms with Gasteiger partial charge in [-0.05, 0) is 30.2 Å². The predicted octanol–water partition coefficient (Wildman–Crippen LogP) is 3.08. The van der Waals surface area contributed by atoms with E-state index in [-0.39, 0.29) is 5.25 Å². The van der Waals surface area contributed by atoms with Gasteiger partial charge < -0.3 is 5.73 Å². The fourth-order valence-corrected chi connectivity index (χ4v) is 2.96. The van der Waals surface area contributed by atoms with Gasteiger partial charge in [0.25, 0.3) is 0 Å². The lowest BCUT2D eigenvalue weighted by Crippen LogP contribution is -2.11. The highest BCUT2D eigenvalue weighted by Gasteiger charge is 2.09. The summed E-state index contributed by atoms with van der Waals surface area (Å²) in [4.78, 5) is 0. The van der Waals surface area contributed by atoms with Gasteiger partial charge in [-0.25, -0.2) is 0 Å². The maximum Gasteiger partial charge on any atom is 0.0489 e. The molecule has 0 aliphatic rings. The number of anilines is 1.